The number of carbonyl (C=O) groups is 1. The van der Waals surface area contributed by atoms with Gasteiger partial charge in [-0.2, -0.15) is 0 Å². The fraction of sp³-hybridized carbons (Fsp3) is 0.417. The zero-order valence-electron chi connectivity index (χ0n) is 9.37. The molecule has 1 aromatic rings. The minimum absolute atomic E-state index is 0.165. The summed E-state index contributed by atoms with van der Waals surface area (Å²) in [4.78, 5) is 13.9. The van der Waals surface area contributed by atoms with Gasteiger partial charge < -0.3 is 9.64 Å². The van der Waals surface area contributed by atoms with Crippen molar-refractivity contribution in [1.29, 1.82) is 0 Å². The highest BCUT2D eigenvalue weighted by Crippen LogP contribution is 2.32. The number of carbonyl (C=O) groups excluding carboxylic acids is 1. The lowest BCUT2D eigenvalue weighted by Gasteiger charge is -2.19. The Bertz CT molecular complexity index is 419. The molecule has 16 heavy (non-hydrogen) atoms. The number of ether oxygens (including phenoxy) is 1. The van der Waals surface area contributed by atoms with E-state index in [0.717, 1.165) is 23.5 Å². The van der Waals surface area contributed by atoms with Gasteiger partial charge in [0.15, 0.2) is 0 Å². The Morgan fingerprint density at radius 3 is 2.81 bits per heavy atom. The van der Waals surface area contributed by atoms with Gasteiger partial charge in [0, 0.05) is 23.4 Å². The Hall–Kier alpha value is -1.03. The lowest BCUT2D eigenvalue weighted by atomic mass is 10.1. The molecular weight excluding hydrogens is 270 g/mol. The van der Waals surface area contributed by atoms with Crippen LogP contribution in [0, 0.1) is 6.92 Å². The maximum absolute atomic E-state index is 11.8. The molecule has 1 heterocycles. The number of alkyl halides is 1. The van der Waals surface area contributed by atoms with E-state index in [1.807, 2.05) is 30.0 Å². The standard InChI is InChI=1S/C12H14BrNO2/c1-8-10(4-3-5-11(8)16-2)14-7-9(13)6-12(14)15/h3-5,9H,6-7H2,1-2H3. The molecule has 0 aromatic heterocycles. The molecule has 1 aliphatic heterocycles. The second-order valence-corrected chi connectivity index (χ2v) is 5.21. The van der Waals surface area contributed by atoms with E-state index in [1.54, 1.807) is 7.11 Å². The Kier molecular flexibility index (Phi) is 3.19. The quantitative estimate of drug-likeness (QED) is 0.781. The summed E-state index contributed by atoms with van der Waals surface area (Å²) in [6.45, 7) is 2.70. The third-order valence-electron chi connectivity index (χ3n) is 2.84. The average molecular weight is 284 g/mol. The molecule has 0 aliphatic carbocycles. The first-order valence-electron chi connectivity index (χ1n) is 5.21. The zero-order valence-corrected chi connectivity index (χ0v) is 11.0. The first-order valence-corrected chi connectivity index (χ1v) is 6.13. The summed E-state index contributed by atoms with van der Waals surface area (Å²) in [6.07, 6.45) is 0.566. The Morgan fingerprint density at radius 2 is 2.25 bits per heavy atom. The Morgan fingerprint density at radius 1 is 1.50 bits per heavy atom. The van der Waals surface area contributed by atoms with Gasteiger partial charge in [0.2, 0.25) is 5.91 Å². The summed E-state index contributed by atoms with van der Waals surface area (Å²) < 4.78 is 5.26. The average Bonchev–Trinajstić information content (AvgIpc) is 2.58. The number of halogens is 1. The predicted molar refractivity (Wildman–Crippen MR) is 67.4 cm³/mol. The van der Waals surface area contributed by atoms with Gasteiger partial charge in [0.25, 0.3) is 0 Å². The predicted octanol–water partition coefficient (Wildman–Crippen LogP) is 2.50. The minimum atomic E-state index is 0.165. The van der Waals surface area contributed by atoms with Crippen molar-refractivity contribution in [3.63, 3.8) is 0 Å². The van der Waals surface area contributed by atoms with Gasteiger partial charge in [-0.25, -0.2) is 0 Å². The third-order valence-corrected chi connectivity index (χ3v) is 3.46. The van der Waals surface area contributed by atoms with E-state index in [9.17, 15) is 4.79 Å². The normalized spacial score (nSPS) is 20.3. The van der Waals surface area contributed by atoms with E-state index in [4.69, 9.17) is 4.74 Å². The van der Waals surface area contributed by atoms with Gasteiger partial charge in [-0.3, -0.25) is 4.79 Å². The van der Waals surface area contributed by atoms with Gasteiger partial charge >= 0.3 is 0 Å². The molecule has 0 bridgehead atoms. The van der Waals surface area contributed by atoms with Crippen LogP contribution in [-0.4, -0.2) is 24.4 Å². The molecule has 0 spiro atoms. The molecule has 0 radical (unpaired) electrons. The highest BCUT2D eigenvalue weighted by Gasteiger charge is 2.29. The number of benzene rings is 1. The molecule has 1 saturated heterocycles. The van der Waals surface area contributed by atoms with Crippen LogP contribution in [0.1, 0.15) is 12.0 Å². The van der Waals surface area contributed by atoms with Gasteiger partial charge in [-0.15, -0.1) is 0 Å². The fourth-order valence-electron chi connectivity index (χ4n) is 2.01. The van der Waals surface area contributed by atoms with Crippen LogP contribution in [0.4, 0.5) is 5.69 Å². The van der Waals surface area contributed by atoms with Gasteiger partial charge in [0.1, 0.15) is 5.75 Å². The highest BCUT2D eigenvalue weighted by molar-refractivity contribution is 9.09. The third kappa shape index (κ3) is 1.94. The summed E-state index contributed by atoms with van der Waals surface area (Å²) in [5.74, 6) is 0.988. The Labute approximate surface area is 104 Å². The van der Waals surface area contributed by atoms with Crippen LogP contribution in [0.3, 0.4) is 0 Å². The molecule has 1 atom stereocenters. The van der Waals surface area contributed by atoms with E-state index in [1.165, 1.54) is 0 Å². The maximum Gasteiger partial charge on any atom is 0.228 e. The highest BCUT2D eigenvalue weighted by atomic mass is 79.9. The summed E-state index contributed by atoms with van der Waals surface area (Å²) in [6, 6.07) is 5.78. The minimum Gasteiger partial charge on any atom is -0.496 e. The lowest BCUT2D eigenvalue weighted by Crippen LogP contribution is -2.25. The van der Waals surface area contributed by atoms with E-state index >= 15 is 0 Å². The first-order chi connectivity index (χ1) is 7.63. The van der Waals surface area contributed by atoms with Crippen LogP contribution in [0.15, 0.2) is 18.2 Å². The smallest absolute Gasteiger partial charge is 0.228 e. The van der Waals surface area contributed by atoms with Crippen LogP contribution in [0.2, 0.25) is 0 Å². The van der Waals surface area contributed by atoms with Crippen LogP contribution in [0.25, 0.3) is 0 Å². The molecule has 3 nitrogen and oxygen atoms in total. The second-order valence-electron chi connectivity index (χ2n) is 3.91. The summed E-state index contributed by atoms with van der Waals surface area (Å²) in [7, 11) is 1.64. The maximum atomic E-state index is 11.8. The van der Waals surface area contributed by atoms with Crippen molar-refractivity contribution in [1.82, 2.24) is 0 Å². The monoisotopic (exact) mass is 283 g/mol. The molecule has 4 heteroatoms. The van der Waals surface area contributed by atoms with Gasteiger partial charge in [-0.05, 0) is 19.1 Å². The van der Waals surface area contributed by atoms with E-state index in [-0.39, 0.29) is 10.7 Å². The number of rotatable bonds is 2. The number of hydrogen-bond acceptors (Lipinski definition) is 2. The van der Waals surface area contributed by atoms with Crippen LogP contribution in [0.5, 0.6) is 5.75 Å². The molecule has 1 unspecified atom stereocenters. The number of anilines is 1. The summed E-state index contributed by atoms with van der Waals surface area (Å²) >= 11 is 3.48. The lowest BCUT2D eigenvalue weighted by molar-refractivity contribution is -0.117. The van der Waals surface area contributed by atoms with Gasteiger partial charge in [-0.1, -0.05) is 22.0 Å². The molecular formula is C12H14BrNO2. The topological polar surface area (TPSA) is 29.5 Å². The molecule has 1 fully saturated rings. The number of amides is 1. The van der Waals surface area contributed by atoms with Crippen LogP contribution < -0.4 is 9.64 Å². The van der Waals surface area contributed by atoms with E-state index < -0.39 is 0 Å². The zero-order chi connectivity index (χ0) is 11.7. The van der Waals surface area contributed by atoms with Gasteiger partial charge in [0.05, 0.1) is 12.8 Å². The molecule has 1 amide bonds. The van der Waals surface area contributed by atoms with Crippen LogP contribution >= 0.6 is 15.9 Å². The molecule has 0 saturated carbocycles. The first kappa shape index (κ1) is 11.5. The molecule has 86 valence electrons. The van der Waals surface area contributed by atoms with Crippen LogP contribution in [-0.2, 0) is 4.79 Å². The molecule has 1 aliphatic rings. The SMILES string of the molecule is COc1cccc(N2CC(Br)CC2=O)c1C. The summed E-state index contributed by atoms with van der Waals surface area (Å²) in [5, 5.41) is 0. The number of hydrogen-bond donors (Lipinski definition) is 0. The number of nitrogens with zero attached hydrogens (tertiary/aromatic N) is 1. The second kappa shape index (κ2) is 4.45. The fourth-order valence-corrected chi connectivity index (χ4v) is 2.58. The summed E-state index contributed by atoms with van der Waals surface area (Å²) in [5.41, 5.74) is 1.96. The largest absolute Gasteiger partial charge is 0.496 e. The van der Waals surface area contributed by atoms with Crippen molar-refractivity contribution in [2.45, 2.75) is 18.2 Å². The van der Waals surface area contributed by atoms with Crippen molar-refractivity contribution in [2.24, 2.45) is 0 Å². The molecule has 2 rings (SSSR count). The van der Waals surface area contributed by atoms with Crippen molar-refractivity contribution in [3.8, 4) is 5.75 Å². The van der Waals surface area contributed by atoms with Crippen molar-refractivity contribution < 1.29 is 9.53 Å². The molecule has 0 N–H and O–H groups in total. The molecule has 1 aromatic carbocycles. The van der Waals surface area contributed by atoms with E-state index in [0.29, 0.717) is 6.42 Å². The van der Waals surface area contributed by atoms with Crippen molar-refractivity contribution in [2.75, 3.05) is 18.6 Å². The Balaban J connectivity index is 2.37. The van der Waals surface area contributed by atoms with E-state index in [2.05, 4.69) is 15.9 Å². The van der Waals surface area contributed by atoms with Crippen molar-refractivity contribution in [3.05, 3.63) is 23.8 Å². The number of methoxy groups -OCH3 is 1. The van der Waals surface area contributed by atoms with Crippen molar-refractivity contribution >= 4 is 27.5 Å².